The van der Waals surface area contributed by atoms with Gasteiger partial charge in [-0.2, -0.15) is 0 Å². The van der Waals surface area contributed by atoms with Crippen LogP contribution >= 0.6 is 0 Å². The number of Topliss-reactive ketones (excluding diaryl/α,β-unsaturated/α-hetero) is 3. The predicted octanol–water partition coefficient (Wildman–Crippen LogP) is 3.76. The predicted molar refractivity (Wildman–Crippen MR) is 89.5 cm³/mol. The first-order chi connectivity index (χ1) is 11.0. The van der Waals surface area contributed by atoms with Crippen molar-refractivity contribution in [1.82, 2.24) is 0 Å². The number of hydrogen-bond acceptors (Lipinski definition) is 3. The van der Waals surface area contributed by atoms with Gasteiger partial charge in [-0.15, -0.1) is 0 Å². The lowest BCUT2D eigenvalue weighted by Gasteiger charge is -2.27. The maximum Gasteiger partial charge on any atom is 0.151 e. The molecule has 0 unspecified atom stereocenters. The fraction of sp³-hybridized carbons (Fsp3) is 0.350. The SMILES string of the molecule is CCC(=O)C1C(=O)CC(c2c(C)ccc3ccccc23)CC1=O. The van der Waals surface area contributed by atoms with Crippen molar-refractivity contribution in [2.75, 3.05) is 0 Å². The van der Waals surface area contributed by atoms with Gasteiger partial charge in [0.2, 0.25) is 0 Å². The second-order valence-electron chi connectivity index (χ2n) is 6.31. The summed E-state index contributed by atoms with van der Waals surface area (Å²) in [4.78, 5) is 36.7. The summed E-state index contributed by atoms with van der Waals surface area (Å²) in [6.07, 6.45) is 0.786. The van der Waals surface area contributed by atoms with Crippen molar-refractivity contribution in [3.8, 4) is 0 Å². The summed E-state index contributed by atoms with van der Waals surface area (Å²) in [5.41, 5.74) is 2.17. The second-order valence-corrected chi connectivity index (χ2v) is 6.31. The van der Waals surface area contributed by atoms with Crippen LogP contribution < -0.4 is 0 Å². The minimum Gasteiger partial charge on any atom is -0.298 e. The van der Waals surface area contributed by atoms with Crippen molar-refractivity contribution in [3.05, 3.63) is 47.5 Å². The number of benzene rings is 2. The van der Waals surface area contributed by atoms with Gasteiger partial charge in [-0.05, 0) is 34.7 Å². The Hall–Kier alpha value is -2.29. The highest BCUT2D eigenvalue weighted by Gasteiger charge is 2.40. The van der Waals surface area contributed by atoms with Crippen LogP contribution in [0.15, 0.2) is 36.4 Å². The molecule has 0 heterocycles. The fourth-order valence-corrected chi connectivity index (χ4v) is 3.69. The van der Waals surface area contributed by atoms with Gasteiger partial charge in [-0.25, -0.2) is 0 Å². The van der Waals surface area contributed by atoms with Gasteiger partial charge in [0.15, 0.2) is 17.3 Å². The molecule has 3 heteroatoms. The molecule has 1 saturated carbocycles. The zero-order valence-corrected chi connectivity index (χ0v) is 13.5. The van der Waals surface area contributed by atoms with Crippen LogP contribution in [0.2, 0.25) is 0 Å². The second kappa shape index (κ2) is 6.07. The third kappa shape index (κ3) is 2.72. The van der Waals surface area contributed by atoms with Crippen LogP contribution in [0, 0.1) is 12.8 Å². The van der Waals surface area contributed by atoms with Crippen molar-refractivity contribution in [2.24, 2.45) is 5.92 Å². The highest BCUT2D eigenvalue weighted by Crippen LogP contribution is 2.38. The maximum absolute atomic E-state index is 12.4. The minimum atomic E-state index is -1.02. The van der Waals surface area contributed by atoms with Gasteiger partial charge in [0.1, 0.15) is 5.92 Å². The monoisotopic (exact) mass is 308 g/mol. The van der Waals surface area contributed by atoms with E-state index in [1.165, 1.54) is 0 Å². The molecular formula is C20H20O3. The van der Waals surface area contributed by atoms with E-state index in [1.807, 2.05) is 37.3 Å². The highest BCUT2D eigenvalue weighted by molar-refractivity contribution is 6.21. The first-order valence-corrected chi connectivity index (χ1v) is 8.09. The van der Waals surface area contributed by atoms with Crippen molar-refractivity contribution in [1.29, 1.82) is 0 Å². The van der Waals surface area contributed by atoms with Gasteiger partial charge in [-0.1, -0.05) is 43.3 Å². The van der Waals surface area contributed by atoms with Crippen LogP contribution in [0.3, 0.4) is 0 Å². The number of carbonyl (C=O) groups is 3. The van der Waals surface area contributed by atoms with E-state index in [4.69, 9.17) is 0 Å². The average molecular weight is 308 g/mol. The Labute approximate surface area is 135 Å². The topological polar surface area (TPSA) is 51.2 Å². The Morgan fingerprint density at radius 3 is 2.35 bits per heavy atom. The van der Waals surface area contributed by atoms with E-state index in [2.05, 4.69) is 6.07 Å². The largest absolute Gasteiger partial charge is 0.298 e. The normalized spacial score (nSPS) is 21.7. The number of aryl methyl sites for hydroxylation is 1. The number of carbonyl (C=O) groups excluding carboxylic acids is 3. The van der Waals surface area contributed by atoms with Crippen LogP contribution in [-0.4, -0.2) is 17.3 Å². The molecule has 3 nitrogen and oxygen atoms in total. The van der Waals surface area contributed by atoms with E-state index in [1.54, 1.807) is 6.92 Å². The van der Waals surface area contributed by atoms with Crippen LogP contribution in [0.1, 0.15) is 43.2 Å². The van der Waals surface area contributed by atoms with Crippen molar-refractivity contribution < 1.29 is 14.4 Å². The molecule has 1 aliphatic rings. The summed E-state index contributed by atoms with van der Waals surface area (Å²) in [5, 5.41) is 2.21. The molecule has 0 aromatic heterocycles. The summed E-state index contributed by atoms with van der Waals surface area (Å²) < 4.78 is 0. The number of hydrogen-bond donors (Lipinski definition) is 0. The van der Waals surface area contributed by atoms with Gasteiger partial charge in [0.05, 0.1) is 0 Å². The van der Waals surface area contributed by atoms with E-state index < -0.39 is 5.92 Å². The highest BCUT2D eigenvalue weighted by atomic mass is 16.2. The molecule has 1 fully saturated rings. The zero-order chi connectivity index (χ0) is 16.6. The Bertz CT molecular complexity index is 786. The molecule has 3 rings (SSSR count). The average Bonchev–Trinajstić information content (AvgIpc) is 2.53. The smallest absolute Gasteiger partial charge is 0.151 e. The van der Waals surface area contributed by atoms with E-state index in [0.29, 0.717) is 0 Å². The Morgan fingerprint density at radius 2 is 1.70 bits per heavy atom. The van der Waals surface area contributed by atoms with Crippen LogP contribution in [0.25, 0.3) is 10.8 Å². The summed E-state index contributed by atoms with van der Waals surface area (Å²) in [6, 6.07) is 12.1. The molecule has 0 aliphatic heterocycles. The fourth-order valence-electron chi connectivity index (χ4n) is 3.69. The lowest BCUT2D eigenvalue weighted by Crippen LogP contribution is -2.38. The maximum atomic E-state index is 12.4. The molecule has 2 aromatic carbocycles. The summed E-state index contributed by atoms with van der Waals surface area (Å²) in [5.74, 6) is -1.82. The summed E-state index contributed by atoms with van der Waals surface area (Å²) >= 11 is 0. The lowest BCUT2D eigenvalue weighted by molar-refractivity contribution is -0.142. The van der Waals surface area contributed by atoms with E-state index in [-0.39, 0.29) is 42.5 Å². The van der Waals surface area contributed by atoms with E-state index >= 15 is 0 Å². The van der Waals surface area contributed by atoms with Gasteiger partial charge in [0.25, 0.3) is 0 Å². The van der Waals surface area contributed by atoms with Crippen LogP contribution in [-0.2, 0) is 14.4 Å². The molecule has 0 bridgehead atoms. The number of rotatable bonds is 3. The third-order valence-electron chi connectivity index (χ3n) is 4.81. The first-order valence-electron chi connectivity index (χ1n) is 8.09. The molecule has 2 aromatic rings. The molecule has 0 N–H and O–H groups in total. The van der Waals surface area contributed by atoms with Crippen molar-refractivity contribution in [3.63, 3.8) is 0 Å². The number of fused-ring (bicyclic) bond motifs is 1. The molecule has 23 heavy (non-hydrogen) atoms. The first kappa shape index (κ1) is 15.6. The standard InChI is InChI=1S/C20H20O3/c1-3-16(21)20-17(22)10-14(11-18(20)23)19-12(2)8-9-13-6-4-5-7-15(13)19/h4-9,14,20H,3,10-11H2,1-2H3. The summed E-state index contributed by atoms with van der Waals surface area (Å²) in [7, 11) is 0. The molecule has 0 spiro atoms. The lowest BCUT2D eigenvalue weighted by atomic mass is 9.73. The molecule has 0 radical (unpaired) electrons. The molecule has 1 aliphatic carbocycles. The van der Waals surface area contributed by atoms with Crippen LogP contribution in [0.5, 0.6) is 0 Å². The Kier molecular flexibility index (Phi) is 4.12. The van der Waals surface area contributed by atoms with E-state index in [0.717, 1.165) is 21.9 Å². The molecular weight excluding hydrogens is 288 g/mol. The Morgan fingerprint density at radius 1 is 1.04 bits per heavy atom. The van der Waals surface area contributed by atoms with Crippen molar-refractivity contribution >= 4 is 28.1 Å². The molecule has 0 saturated heterocycles. The van der Waals surface area contributed by atoms with Gasteiger partial charge in [-0.3, -0.25) is 14.4 Å². The summed E-state index contributed by atoms with van der Waals surface area (Å²) in [6.45, 7) is 3.71. The minimum absolute atomic E-state index is 0.123. The van der Waals surface area contributed by atoms with Gasteiger partial charge >= 0.3 is 0 Å². The molecule has 0 amide bonds. The quantitative estimate of drug-likeness (QED) is 0.811. The van der Waals surface area contributed by atoms with Crippen LogP contribution in [0.4, 0.5) is 0 Å². The van der Waals surface area contributed by atoms with Crippen molar-refractivity contribution in [2.45, 2.75) is 39.0 Å². The Balaban J connectivity index is 2.02. The molecule has 0 atom stereocenters. The number of ketones is 3. The molecule has 118 valence electrons. The third-order valence-corrected chi connectivity index (χ3v) is 4.81. The van der Waals surface area contributed by atoms with Gasteiger partial charge in [0, 0.05) is 19.3 Å². The van der Waals surface area contributed by atoms with E-state index in [9.17, 15) is 14.4 Å². The van der Waals surface area contributed by atoms with Gasteiger partial charge < -0.3 is 0 Å². The zero-order valence-electron chi connectivity index (χ0n) is 13.5.